The third-order valence-electron chi connectivity index (χ3n) is 8.16. The van der Waals surface area contributed by atoms with E-state index in [1.807, 2.05) is 13.0 Å². The highest BCUT2D eigenvalue weighted by atomic mass is 16.3. The van der Waals surface area contributed by atoms with Crippen LogP contribution in [0.4, 0.5) is 0 Å². The van der Waals surface area contributed by atoms with E-state index >= 15 is 0 Å². The maximum Gasteiger partial charge on any atom is 0.179 e. The van der Waals surface area contributed by atoms with Gasteiger partial charge < -0.3 is 40.2 Å². The first-order valence-electron chi connectivity index (χ1n) is 13.7. The van der Waals surface area contributed by atoms with E-state index in [9.17, 15) is 40.5 Å². The Labute approximate surface area is 245 Å². The lowest BCUT2D eigenvalue weighted by molar-refractivity contribution is -0.121. The first kappa shape index (κ1) is 27.7. The summed E-state index contributed by atoms with van der Waals surface area (Å²) in [6, 6.07) is 8.88. The number of rotatable bonds is 5. The third-order valence-corrected chi connectivity index (χ3v) is 8.16. The Morgan fingerprint density at radius 1 is 0.884 bits per heavy atom. The fourth-order valence-electron chi connectivity index (χ4n) is 6.28. The molecule has 3 aromatic rings. The molecule has 1 heterocycles. The second-order valence-electron chi connectivity index (χ2n) is 11.1. The average molecular weight is 581 g/mol. The van der Waals surface area contributed by atoms with E-state index in [0.29, 0.717) is 46.3 Å². The normalized spacial score (nSPS) is 22.1. The lowest BCUT2D eigenvalue weighted by Crippen LogP contribution is -2.35. The number of hydrogen-bond donors (Lipinski definition) is 7. The molecule has 0 aliphatic heterocycles. The molecule has 3 atom stereocenters. The number of aliphatic hydroxyl groups is 4. The molecule has 0 saturated carbocycles. The van der Waals surface area contributed by atoms with Gasteiger partial charge in [-0.3, -0.25) is 4.79 Å². The molecule has 0 spiro atoms. The second-order valence-corrected chi connectivity index (χ2v) is 11.1. The van der Waals surface area contributed by atoms with Crippen LogP contribution in [0.5, 0.6) is 17.2 Å². The van der Waals surface area contributed by atoms with Crippen molar-refractivity contribution in [3.05, 3.63) is 111 Å². The number of allylic oxidation sites excluding steroid dienone is 7. The summed E-state index contributed by atoms with van der Waals surface area (Å²) < 4.78 is 5.92. The molecule has 0 amide bonds. The summed E-state index contributed by atoms with van der Waals surface area (Å²) in [6.45, 7) is 1.90. The fraction of sp³-hybridized carbons (Fsp3) is 0.206. The van der Waals surface area contributed by atoms with Crippen molar-refractivity contribution >= 4 is 16.8 Å². The highest BCUT2D eigenvalue weighted by Gasteiger charge is 2.44. The molecule has 9 nitrogen and oxygen atoms in total. The molecule has 0 fully saturated rings. The van der Waals surface area contributed by atoms with Crippen molar-refractivity contribution < 1.29 is 45.0 Å². The Morgan fingerprint density at radius 2 is 1.63 bits per heavy atom. The van der Waals surface area contributed by atoms with Crippen LogP contribution in [0, 0.1) is 11.8 Å². The summed E-state index contributed by atoms with van der Waals surface area (Å²) in [5.41, 5.74) is 7.44. The Balaban J connectivity index is 1.52. The number of phenolic OH excluding ortho intramolecular Hbond substituents is 3. The highest BCUT2D eigenvalue weighted by molar-refractivity contribution is 6.02. The summed E-state index contributed by atoms with van der Waals surface area (Å²) in [4.78, 5) is 14.2. The van der Waals surface area contributed by atoms with Crippen LogP contribution >= 0.6 is 0 Å². The van der Waals surface area contributed by atoms with Crippen molar-refractivity contribution in [3.63, 3.8) is 0 Å². The number of benzene rings is 2. The quantitative estimate of drug-likeness (QED) is 0.123. The molecule has 3 aliphatic rings. The van der Waals surface area contributed by atoms with Crippen LogP contribution in [0.15, 0.2) is 110 Å². The standard InChI is InChI=1S/C34H28O9/c1-16-6-26(23-4-2-19(35)13-28(23)39)33(34(42)24-5-3-20(36)14-29(24)40)27(7-16)25-10-18-11-31(43-32(18)15-30(25)41)17-8-21(37)12-22(38)9-17/h7-15,26-27,33,35-41H,2,4,6H2,1H3. The highest BCUT2D eigenvalue weighted by Crippen LogP contribution is 2.50. The number of phenols is 3. The average Bonchev–Trinajstić information content (AvgIpc) is 3.34. The largest absolute Gasteiger partial charge is 0.512 e. The first-order chi connectivity index (χ1) is 20.5. The SMILES string of the molecule is CC1=CC(c2cc3cc(-c4cc(O)cc(O)c4)oc3cc2O)C(C(=O)C2=C=C=C(O)C=C2O)C(C2=C(O)C=C(O)CC2)C1. The molecule has 0 radical (unpaired) electrons. The van der Waals surface area contributed by atoms with Gasteiger partial charge >= 0.3 is 0 Å². The van der Waals surface area contributed by atoms with Crippen LogP contribution in [0.1, 0.15) is 37.7 Å². The molecular weight excluding hydrogens is 552 g/mol. The maximum atomic E-state index is 14.2. The van der Waals surface area contributed by atoms with Crippen molar-refractivity contribution in [2.75, 3.05) is 0 Å². The zero-order valence-corrected chi connectivity index (χ0v) is 23.0. The molecule has 1 aromatic heterocycles. The molecule has 43 heavy (non-hydrogen) atoms. The van der Waals surface area contributed by atoms with E-state index in [2.05, 4.69) is 11.5 Å². The second kappa shape index (κ2) is 10.4. The number of Topliss-reactive ketones (excluding diaryl/α,β-unsaturated/α-hetero) is 1. The van der Waals surface area contributed by atoms with Crippen molar-refractivity contribution in [3.8, 4) is 28.6 Å². The minimum absolute atomic E-state index is 0.0294. The number of ketones is 1. The monoisotopic (exact) mass is 580 g/mol. The van der Waals surface area contributed by atoms with Crippen LogP contribution in [0.2, 0.25) is 0 Å². The van der Waals surface area contributed by atoms with E-state index in [1.54, 1.807) is 12.1 Å². The van der Waals surface area contributed by atoms with Gasteiger partial charge in [0.1, 0.15) is 45.7 Å². The zero-order chi connectivity index (χ0) is 30.6. The van der Waals surface area contributed by atoms with Gasteiger partial charge in [-0.05, 0) is 61.3 Å². The van der Waals surface area contributed by atoms with Gasteiger partial charge in [-0.1, -0.05) is 17.4 Å². The molecule has 9 heteroatoms. The number of furan rings is 1. The fourth-order valence-corrected chi connectivity index (χ4v) is 6.28. The van der Waals surface area contributed by atoms with Crippen LogP contribution < -0.4 is 0 Å². The summed E-state index contributed by atoms with van der Waals surface area (Å²) >= 11 is 0. The van der Waals surface area contributed by atoms with E-state index < -0.39 is 29.3 Å². The number of hydrogen-bond acceptors (Lipinski definition) is 9. The van der Waals surface area contributed by atoms with Crippen LogP contribution in [-0.4, -0.2) is 41.5 Å². The van der Waals surface area contributed by atoms with Gasteiger partial charge in [-0.15, -0.1) is 0 Å². The smallest absolute Gasteiger partial charge is 0.179 e. The minimum Gasteiger partial charge on any atom is -0.512 e. The van der Waals surface area contributed by atoms with E-state index in [0.717, 1.165) is 11.6 Å². The number of carbonyl (C=O) groups excluding carboxylic acids is 1. The van der Waals surface area contributed by atoms with Gasteiger partial charge in [0, 0.05) is 59.1 Å². The number of carbonyl (C=O) groups is 1. The molecule has 3 aliphatic carbocycles. The third kappa shape index (κ3) is 5.08. The molecular formula is C34H28O9. The zero-order valence-electron chi connectivity index (χ0n) is 23.0. The Morgan fingerprint density at radius 3 is 2.33 bits per heavy atom. The van der Waals surface area contributed by atoms with Crippen molar-refractivity contribution in [2.24, 2.45) is 11.8 Å². The van der Waals surface area contributed by atoms with Gasteiger partial charge in [0.2, 0.25) is 0 Å². The van der Waals surface area contributed by atoms with Gasteiger partial charge in [0.15, 0.2) is 11.5 Å². The number of fused-ring (bicyclic) bond motifs is 1. The van der Waals surface area contributed by atoms with Gasteiger partial charge in [0.05, 0.1) is 5.76 Å². The lowest BCUT2D eigenvalue weighted by atomic mass is 9.64. The lowest BCUT2D eigenvalue weighted by Gasteiger charge is -2.38. The molecule has 3 unspecified atom stereocenters. The first-order valence-corrected chi connectivity index (χ1v) is 13.7. The molecule has 6 rings (SSSR count). The summed E-state index contributed by atoms with van der Waals surface area (Å²) in [5, 5.41) is 72.9. The number of aliphatic hydroxyl groups excluding tert-OH is 4. The summed E-state index contributed by atoms with van der Waals surface area (Å²) in [6.07, 6.45) is 5.16. The summed E-state index contributed by atoms with van der Waals surface area (Å²) in [5.74, 6) is -3.78. The predicted molar refractivity (Wildman–Crippen MR) is 157 cm³/mol. The topological polar surface area (TPSA) is 172 Å². The molecule has 218 valence electrons. The Bertz CT molecular complexity index is 1910. The maximum absolute atomic E-state index is 14.2. The minimum atomic E-state index is -0.924. The van der Waals surface area contributed by atoms with Crippen LogP contribution in [-0.2, 0) is 4.79 Å². The van der Waals surface area contributed by atoms with Gasteiger partial charge in [0.25, 0.3) is 0 Å². The van der Waals surface area contributed by atoms with E-state index in [4.69, 9.17) is 4.42 Å². The molecule has 7 N–H and O–H groups in total. The van der Waals surface area contributed by atoms with Crippen LogP contribution in [0.25, 0.3) is 22.3 Å². The Kier molecular flexibility index (Phi) is 6.70. The Hall–Kier alpha value is -5.49. The van der Waals surface area contributed by atoms with E-state index in [-0.39, 0.29) is 46.5 Å². The van der Waals surface area contributed by atoms with Crippen molar-refractivity contribution in [2.45, 2.75) is 32.1 Å². The van der Waals surface area contributed by atoms with Gasteiger partial charge in [-0.25, -0.2) is 0 Å². The van der Waals surface area contributed by atoms with Crippen molar-refractivity contribution in [1.82, 2.24) is 0 Å². The van der Waals surface area contributed by atoms with E-state index in [1.165, 1.54) is 30.3 Å². The molecule has 2 aromatic carbocycles. The van der Waals surface area contributed by atoms with Gasteiger partial charge in [-0.2, -0.15) is 0 Å². The number of aromatic hydroxyl groups is 3. The molecule has 0 saturated heterocycles. The summed E-state index contributed by atoms with van der Waals surface area (Å²) in [7, 11) is 0. The van der Waals surface area contributed by atoms with Crippen molar-refractivity contribution in [1.29, 1.82) is 0 Å². The predicted octanol–water partition coefficient (Wildman–Crippen LogP) is 7.08. The van der Waals surface area contributed by atoms with Crippen LogP contribution in [0.3, 0.4) is 0 Å². The molecule has 0 bridgehead atoms.